The minimum Gasteiger partial charge on any atom is -0.344 e. The Kier molecular flexibility index (Phi) is 24.3. The molecule has 12 heterocycles. The topological polar surface area (TPSA) is 39.4 Å². The van der Waals surface area contributed by atoms with Crippen LogP contribution < -0.4 is 0 Å². The smallest absolute Gasteiger partial charge is 0.0675 e. The largest absolute Gasteiger partial charge is 0.344 e. The van der Waals surface area contributed by atoms with Crippen LogP contribution in [0.5, 0.6) is 0 Å². The highest BCUT2D eigenvalue weighted by molar-refractivity contribution is 7.28. The molecule has 0 unspecified atom stereocenters. The first-order chi connectivity index (χ1) is 68.2. The number of benzene rings is 12. The number of aromatic nitrogens is 8. The van der Waals surface area contributed by atoms with Crippen molar-refractivity contribution in [1.82, 2.24) is 36.5 Å². The van der Waals surface area contributed by atoms with Crippen LogP contribution in [0.1, 0.15) is 194 Å². The highest BCUT2D eigenvalue weighted by atomic mass is 32.1. The van der Waals surface area contributed by atoms with Crippen molar-refractivity contribution in [3.63, 3.8) is 0 Å². The molecule has 8 nitrogen and oxygen atoms in total. The van der Waals surface area contributed by atoms with Crippen LogP contribution in [0.25, 0.3) is 266 Å². The van der Waals surface area contributed by atoms with E-state index in [0.29, 0.717) is 0 Å². The maximum atomic E-state index is 4.20. The van der Waals surface area contributed by atoms with E-state index in [2.05, 4.69) is 433 Å². The van der Waals surface area contributed by atoms with E-state index in [-0.39, 0.29) is 0 Å². The molecule has 140 heavy (non-hydrogen) atoms. The molecular formula is C128H126N8S4. The van der Waals surface area contributed by atoms with Crippen LogP contribution in [0.15, 0.2) is 201 Å². The molecule has 12 aromatic heterocycles. The van der Waals surface area contributed by atoms with Gasteiger partial charge in [0, 0.05) is 250 Å². The van der Waals surface area contributed by atoms with Crippen LogP contribution in [-0.2, 0) is 52.4 Å². The number of nitrogens with zero attached hydrogens (tertiary/aromatic N) is 8. The number of hydrogen-bond acceptors (Lipinski definition) is 4. The van der Waals surface area contributed by atoms with E-state index in [1.54, 1.807) is 0 Å². The zero-order chi connectivity index (χ0) is 97.7. The van der Waals surface area contributed by atoms with Gasteiger partial charge in [-0.15, -0.1) is 45.3 Å². The van der Waals surface area contributed by atoms with E-state index >= 15 is 0 Å². The second kappa shape index (κ2) is 36.6. The average Bonchev–Trinajstić information content (AvgIpc) is 1.55. The molecule has 0 bridgehead atoms. The van der Waals surface area contributed by atoms with Crippen LogP contribution in [0.2, 0.25) is 0 Å². The van der Waals surface area contributed by atoms with Crippen molar-refractivity contribution < 1.29 is 0 Å². The molecule has 0 atom stereocenters. The van der Waals surface area contributed by atoms with Gasteiger partial charge >= 0.3 is 0 Å². The lowest BCUT2D eigenvalue weighted by Gasteiger charge is -2.09. The SMILES string of the molecule is C/C=C\c1c(C)c2cc3c(cc2n1CC)sc1c2c(C)c(/C=C\C)n(CC)c2c2ccccc2c31.C/C=C\c1c(C)c2cc3c(cc2n1CC)sc1c3c2ccccc2c2c(C)c(/C=C\C)n(CC)c12.C/C=C\c1c(C)n(CC)c2c3ccccc3c3sc4cc5c(cc4c3c12)c(C)c(/C=C\C)n5CC.C=Cc1c(C=C)n(CC)c2c1c1ccccc1c1sc3cc4c(cc3c12)c(C)c(/C=C\C)n4CC. The molecule has 0 amide bonds. The van der Waals surface area contributed by atoms with E-state index in [9.17, 15) is 0 Å². The predicted molar refractivity (Wildman–Crippen MR) is 633 cm³/mol. The van der Waals surface area contributed by atoms with Crippen LogP contribution in [0.4, 0.5) is 0 Å². The predicted octanol–water partition coefficient (Wildman–Crippen LogP) is 39.3. The minimum atomic E-state index is 0.884. The third-order valence-corrected chi connectivity index (χ3v) is 35.4. The van der Waals surface area contributed by atoms with E-state index < -0.39 is 0 Å². The fourth-order valence-electron chi connectivity index (χ4n) is 24.8. The Balaban J connectivity index is 0.000000111. The van der Waals surface area contributed by atoms with Gasteiger partial charge in [-0.05, 0) is 298 Å². The number of rotatable bonds is 17. The fraction of sp³-hybridized carbons (Fsp3) is 0.234. The molecule has 0 aliphatic rings. The number of fused-ring (bicyclic) bond motifs is 36. The monoisotopic (exact) mass is 1900 g/mol. The van der Waals surface area contributed by atoms with Gasteiger partial charge in [-0.3, -0.25) is 0 Å². The summed E-state index contributed by atoms with van der Waals surface area (Å²) in [6, 6.07) is 55.5. The van der Waals surface area contributed by atoms with E-state index in [1.165, 1.54) is 295 Å². The highest BCUT2D eigenvalue weighted by Crippen LogP contribution is 2.55. The van der Waals surface area contributed by atoms with E-state index in [0.717, 1.165) is 58.1 Å². The van der Waals surface area contributed by atoms with Crippen molar-refractivity contribution >= 4 is 311 Å². The van der Waals surface area contributed by atoms with Gasteiger partial charge in [0.1, 0.15) is 0 Å². The normalized spacial score (nSPS) is 12.7. The zero-order valence-electron chi connectivity index (χ0n) is 85.4. The second-order valence-corrected chi connectivity index (χ2v) is 41.7. The van der Waals surface area contributed by atoms with Crippen molar-refractivity contribution in [3.8, 4) is 0 Å². The average molecular weight is 1900 g/mol. The van der Waals surface area contributed by atoms with Gasteiger partial charge in [0.05, 0.1) is 48.8 Å². The van der Waals surface area contributed by atoms with Crippen molar-refractivity contribution in [2.24, 2.45) is 0 Å². The second-order valence-electron chi connectivity index (χ2n) is 37.5. The molecular weight excluding hydrogens is 1780 g/mol. The summed E-state index contributed by atoms with van der Waals surface area (Å²) >= 11 is 7.80. The maximum absolute atomic E-state index is 4.20. The third kappa shape index (κ3) is 13.5. The van der Waals surface area contributed by atoms with Gasteiger partial charge < -0.3 is 36.5 Å². The molecule has 0 radical (unpaired) electrons. The first-order valence-corrected chi connectivity index (χ1v) is 53.9. The summed E-state index contributed by atoms with van der Waals surface area (Å²) in [7, 11) is 0. The van der Waals surface area contributed by atoms with Crippen LogP contribution in [0.3, 0.4) is 0 Å². The Morgan fingerprint density at radius 1 is 0.221 bits per heavy atom. The minimum absolute atomic E-state index is 0.884. The van der Waals surface area contributed by atoms with Gasteiger partial charge in [-0.1, -0.05) is 165 Å². The molecule has 0 saturated heterocycles. The first-order valence-electron chi connectivity index (χ1n) is 50.6. The van der Waals surface area contributed by atoms with Crippen molar-refractivity contribution in [2.45, 2.75) is 205 Å². The molecule has 702 valence electrons. The zero-order valence-corrected chi connectivity index (χ0v) is 88.6. The molecule has 0 fully saturated rings. The van der Waals surface area contributed by atoms with Crippen LogP contribution >= 0.6 is 45.3 Å². The van der Waals surface area contributed by atoms with Gasteiger partial charge in [0.2, 0.25) is 0 Å². The molecule has 0 spiro atoms. The van der Waals surface area contributed by atoms with Gasteiger partial charge in [0.15, 0.2) is 0 Å². The van der Waals surface area contributed by atoms with Crippen molar-refractivity contribution in [1.29, 1.82) is 0 Å². The number of aryl methyl sites for hydroxylation is 14. The molecule has 24 rings (SSSR count). The molecule has 0 aliphatic heterocycles. The Labute approximate surface area is 836 Å². The van der Waals surface area contributed by atoms with Gasteiger partial charge in [-0.25, -0.2) is 0 Å². The first kappa shape index (κ1) is 92.9. The van der Waals surface area contributed by atoms with Crippen LogP contribution in [-0.4, -0.2) is 36.5 Å². The summed E-state index contributed by atoms with van der Waals surface area (Å²) in [4.78, 5) is 0. The summed E-state index contributed by atoms with van der Waals surface area (Å²) < 4.78 is 30.9. The molecule has 0 N–H and O–H groups in total. The van der Waals surface area contributed by atoms with Gasteiger partial charge in [0.25, 0.3) is 0 Å². The summed E-state index contributed by atoms with van der Waals surface area (Å²) in [6.07, 6.45) is 35.0. The highest BCUT2D eigenvalue weighted by Gasteiger charge is 2.31. The summed E-state index contributed by atoms with van der Waals surface area (Å²) in [5.41, 5.74) is 32.0. The van der Waals surface area contributed by atoms with Gasteiger partial charge in [-0.2, -0.15) is 0 Å². The van der Waals surface area contributed by atoms with E-state index in [4.69, 9.17) is 0 Å². The maximum Gasteiger partial charge on any atom is 0.0675 e. The summed E-state index contributed by atoms with van der Waals surface area (Å²) in [5.74, 6) is 0. The number of thiophene rings is 4. The van der Waals surface area contributed by atoms with E-state index in [1.807, 2.05) is 57.5 Å². The van der Waals surface area contributed by atoms with Crippen LogP contribution in [0, 0.1) is 48.5 Å². The lowest BCUT2D eigenvalue weighted by atomic mass is 9.98. The Bertz CT molecular complexity index is 9610. The Hall–Kier alpha value is -13.5. The Morgan fingerprint density at radius 3 is 0.907 bits per heavy atom. The molecule has 0 saturated carbocycles. The molecule has 12 aromatic carbocycles. The fourth-order valence-corrected chi connectivity index (χ4v) is 29.9. The van der Waals surface area contributed by atoms with Crippen molar-refractivity contribution in [2.75, 3.05) is 0 Å². The Morgan fingerprint density at radius 2 is 0.514 bits per heavy atom. The quantitative estimate of drug-likeness (QED) is 0.0872. The lowest BCUT2D eigenvalue weighted by Crippen LogP contribution is -1.97. The number of allylic oxidation sites excluding steroid dienone is 7. The molecule has 12 heteroatoms. The summed E-state index contributed by atoms with van der Waals surface area (Å²) in [5, 5.41) is 32.8. The third-order valence-electron chi connectivity index (χ3n) is 30.7. The molecule has 0 aliphatic carbocycles. The lowest BCUT2D eigenvalue weighted by molar-refractivity contribution is 0.771. The van der Waals surface area contributed by atoms with Crippen molar-refractivity contribution in [3.05, 3.63) is 291 Å². The standard InChI is InChI=1S/3C32H32N2S.C32H30N2S/c1-7-13-25-19(5)23-17-24-28(18-27(23)33(25)9-3)35-32-29-20(6)26(14-8-2)34(10-4)31(29)22-16-12-11-15-21(22)30(24)32;1-7-13-25-19(5)23-17-24-28(18-27(23)33(25)9-3)35-32-30(24)22-16-12-11-15-21(22)29-20(6)26(14-8-2)34(10-4)31(29)32;1-7-13-21-20(6)33(9-3)31-22-15-11-12-16-23(22)32-30(29(21)31)25-17-24-19(5)26(14-8-2)34(10-4)27(24)18-28(25)35-32;1-7-14-26-19(6)23-17-24-28(18-27(23)33(26)10-4)35-32-22-16-13-12-15-21(22)29-20(8-2)25(9-3)34(11-5)31(29)30(24)32/h3*7-8,11-18H,9-10H2,1-6H3;7-9,12-18H,2-3,10-11H2,1,4-6H3/b3*13-7-,14-8-;14-7-. The number of hydrogen-bond donors (Lipinski definition) is 0. The summed E-state index contributed by atoms with van der Waals surface area (Å²) in [6.45, 7) is 64.7. The molecule has 24 aromatic rings.